The predicted octanol–water partition coefficient (Wildman–Crippen LogP) is 11.2. The number of carbonyl (C=O) groups excluding carboxylic acids is 2. The molecule has 348 valence electrons. The number of ether oxygens (including phenoxy) is 7. The first-order chi connectivity index (χ1) is 32.7. The van der Waals surface area contributed by atoms with Crippen molar-refractivity contribution in [3.05, 3.63) is 215 Å². The van der Waals surface area contributed by atoms with Gasteiger partial charge in [-0.05, 0) is 67.0 Å². The smallest absolute Gasteiger partial charge is 0.411 e. The van der Waals surface area contributed by atoms with E-state index in [0.717, 1.165) is 33.4 Å². The number of amides is 1. The average Bonchev–Trinajstić information content (AvgIpc) is 3.35. The van der Waals surface area contributed by atoms with Crippen molar-refractivity contribution in [1.82, 2.24) is 4.90 Å². The summed E-state index contributed by atoms with van der Waals surface area (Å²) in [5, 5.41) is 0. The molecule has 2 aliphatic heterocycles. The van der Waals surface area contributed by atoms with Gasteiger partial charge < -0.3 is 33.2 Å². The normalized spacial score (nSPS) is 23.0. The number of carbonyl (C=O) groups is 2. The van der Waals surface area contributed by atoms with E-state index in [0.29, 0.717) is 13.2 Å². The molecule has 0 N–H and O–H groups in total. The van der Waals surface area contributed by atoms with Crippen molar-refractivity contribution < 1.29 is 42.7 Å². The molecular weight excluding hydrogens is 843 g/mol. The molecular formula is C57H61NO9. The summed E-state index contributed by atoms with van der Waals surface area (Å²) in [6, 6.07) is 57.5. The second-order valence-corrected chi connectivity index (χ2v) is 18.1. The lowest BCUT2D eigenvalue weighted by Gasteiger charge is -2.48. The summed E-state index contributed by atoms with van der Waals surface area (Å²) in [6.07, 6.45) is -4.21. The number of esters is 1. The minimum absolute atomic E-state index is 0.164. The van der Waals surface area contributed by atoms with E-state index >= 15 is 0 Å². The topological polar surface area (TPSA) is 102 Å². The largest absolute Gasteiger partial charge is 0.453 e. The Bertz CT molecular complexity index is 2400. The van der Waals surface area contributed by atoms with Gasteiger partial charge in [-0.25, -0.2) is 9.59 Å². The van der Waals surface area contributed by atoms with Crippen molar-refractivity contribution in [1.29, 1.82) is 0 Å². The first kappa shape index (κ1) is 47.4. The number of benzene rings is 6. The Morgan fingerprint density at radius 3 is 1.42 bits per heavy atom. The van der Waals surface area contributed by atoms with Crippen molar-refractivity contribution in [2.45, 2.75) is 114 Å². The fourth-order valence-electron chi connectivity index (χ4n) is 8.85. The average molecular weight is 904 g/mol. The SMILES string of the molecule is CC(C)(C)OC(=O)N1[C@@H](CC[C@@H]2O[C@H](COCc3ccccc3)[C@H](OCc3ccccc3)[C@H](OCc3ccccc3)[C@H]2OCc2ccccc2)C(=O)O[C@H](c2ccccc2)[C@@H]1c1ccccc1. The van der Waals surface area contributed by atoms with Crippen molar-refractivity contribution in [3.8, 4) is 0 Å². The number of hydrogen-bond donors (Lipinski definition) is 0. The summed E-state index contributed by atoms with van der Waals surface area (Å²) >= 11 is 0. The van der Waals surface area contributed by atoms with Crippen molar-refractivity contribution in [3.63, 3.8) is 0 Å². The first-order valence-corrected chi connectivity index (χ1v) is 23.3. The van der Waals surface area contributed by atoms with Crippen LogP contribution in [0.5, 0.6) is 0 Å². The molecule has 0 unspecified atom stereocenters. The molecule has 10 heteroatoms. The molecule has 0 spiro atoms. The van der Waals surface area contributed by atoms with Crippen LogP contribution in [-0.2, 0) is 64.4 Å². The fraction of sp³-hybridized carbons (Fsp3) is 0.333. The molecule has 8 rings (SSSR count). The summed E-state index contributed by atoms with van der Waals surface area (Å²) < 4.78 is 47.0. The van der Waals surface area contributed by atoms with E-state index in [1.807, 2.05) is 203 Å². The number of morpholine rings is 1. The van der Waals surface area contributed by atoms with E-state index in [1.165, 1.54) is 0 Å². The Labute approximate surface area is 394 Å². The van der Waals surface area contributed by atoms with Gasteiger partial charge in [0.25, 0.3) is 0 Å². The lowest BCUT2D eigenvalue weighted by atomic mass is 9.88. The van der Waals surface area contributed by atoms with Gasteiger partial charge in [-0.3, -0.25) is 4.90 Å². The molecule has 2 fully saturated rings. The van der Waals surface area contributed by atoms with E-state index in [4.69, 9.17) is 33.2 Å². The van der Waals surface area contributed by atoms with Crippen LogP contribution in [0.25, 0.3) is 0 Å². The third-order valence-corrected chi connectivity index (χ3v) is 12.0. The maximum atomic E-state index is 14.7. The second-order valence-electron chi connectivity index (χ2n) is 18.1. The van der Waals surface area contributed by atoms with Gasteiger partial charge in [0.15, 0.2) is 6.10 Å². The van der Waals surface area contributed by atoms with Crippen LogP contribution in [0, 0.1) is 0 Å². The van der Waals surface area contributed by atoms with Crippen LogP contribution in [0.15, 0.2) is 182 Å². The molecule has 0 radical (unpaired) electrons. The summed E-state index contributed by atoms with van der Waals surface area (Å²) in [4.78, 5) is 30.9. The molecule has 0 aromatic heterocycles. The van der Waals surface area contributed by atoms with Crippen LogP contribution in [0.2, 0.25) is 0 Å². The number of nitrogens with zero attached hydrogens (tertiary/aromatic N) is 1. The van der Waals surface area contributed by atoms with Crippen LogP contribution in [-0.4, -0.2) is 65.7 Å². The van der Waals surface area contributed by atoms with Gasteiger partial charge in [-0.2, -0.15) is 0 Å². The molecule has 0 bridgehead atoms. The monoisotopic (exact) mass is 903 g/mol. The highest BCUT2D eigenvalue weighted by Gasteiger charge is 2.52. The zero-order chi connectivity index (χ0) is 46.4. The fourth-order valence-corrected chi connectivity index (χ4v) is 8.85. The van der Waals surface area contributed by atoms with Crippen LogP contribution in [0.1, 0.15) is 79.1 Å². The van der Waals surface area contributed by atoms with E-state index in [-0.39, 0.29) is 32.7 Å². The Kier molecular flexibility index (Phi) is 16.3. The molecule has 2 saturated heterocycles. The van der Waals surface area contributed by atoms with Crippen LogP contribution in [0.4, 0.5) is 4.79 Å². The minimum Gasteiger partial charge on any atom is -0.453 e. The molecule has 6 aromatic rings. The predicted molar refractivity (Wildman–Crippen MR) is 255 cm³/mol. The zero-order valence-electron chi connectivity index (χ0n) is 38.5. The van der Waals surface area contributed by atoms with Gasteiger partial charge in [0.05, 0.1) is 39.1 Å². The molecule has 6 aromatic carbocycles. The van der Waals surface area contributed by atoms with Crippen molar-refractivity contribution >= 4 is 12.1 Å². The molecule has 2 heterocycles. The van der Waals surface area contributed by atoms with Gasteiger partial charge in [-0.1, -0.05) is 182 Å². The van der Waals surface area contributed by atoms with Gasteiger partial charge in [0, 0.05) is 0 Å². The van der Waals surface area contributed by atoms with Gasteiger partial charge in [-0.15, -0.1) is 0 Å². The summed E-state index contributed by atoms with van der Waals surface area (Å²) in [5.41, 5.74) is 4.71. The van der Waals surface area contributed by atoms with Gasteiger partial charge in [0.1, 0.15) is 42.1 Å². The lowest BCUT2D eigenvalue weighted by molar-refractivity contribution is -0.274. The van der Waals surface area contributed by atoms with Gasteiger partial charge >= 0.3 is 12.1 Å². The van der Waals surface area contributed by atoms with E-state index in [9.17, 15) is 9.59 Å². The van der Waals surface area contributed by atoms with Crippen LogP contribution >= 0.6 is 0 Å². The Hall–Kier alpha value is -6.14. The van der Waals surface area contributed by atoms with Crippen molar-refractivity contribution in [2.24, 2.45) is 0 Å². The Balaban J connectivity index is 1.16. The molecule has 10 nitrogen and oxygen atoms in total. The zero-order valence-corrected chi connectivity index (χ0v) is 38.5. The lowest BCUT2D eigenvalue weighted by Crippen LogP contribution is -2.61. The van der Waals surface area contributed by atoms with Crippen LogP contribution in [0.3, 0.4) is 0 Å². The molecule has 0 aliphatic carbocycles. The van der Waals surface area contributed by atoms with E-state index in [1.54, 1.807) is 4.90 Å². The van der Waals surface area contributed by atoms with Crippen molar-refractivity contribution in [2.75, 3.05) is 6.61 Å². The Morgan fingerprint density at radius 2 is 0.940 bits per heavy atom. The molecule has 67 heavy (non-hydrogen) atoms. The highest BCUT2D eigenvalue weighted by atomic mass is 16.6. The molecule has 1 amide bonds. The minimum atomic E-state index is -1.04. The number of hydrogen-bond acceptors (Lipinski definition) is 9. The molecule has 2 aliphatic rings. The maximum Gasteiger partial charge on any atom is 0.411 e. The highest BCUT2D eigenvalue weighted by Crippen LogP contribution is 2.44. The quantitative estimate of drug-likeness (QED) is 0.0780. The third kappa shape index (κ3) is 12.9. The summed E-state index contributed by atoms with van der Waals surface area (Å²) in [6.45, 7) is 6.87. The first-order valence-electron chi connectivity index (χ1n) is 23.3. The number of rotatable bonds is 18. The van der Waals surface area contributed by atoms with Gasteiger partial charge in [0.2, 0.25) is 0 Å². The third-order valence-electron chi connectivity index (χ3n) is 12.0. The highest BCUT2D eigenvalue weighted by molar-refractivity contribution is 5.83. The Morgan fingerprint density at radius 1 is 0.522 bits per heavy atom. The molecule has 0 saturated carbocycles. The summed E-state index contributed by atoms with van der Waals surface area (Å²) in [7, 11) is 0. The summed E-state index contributed by atoms with van der Waals surface area (Å²) in [5.74, 6) is -0.534. The van der Waals surface area contributed by atoms with E-state index < -0.39 is 66.4 Å². The number of cyclic esters (lactones) is 1. The van der Waals surface area contributed by atoms with Crippen LogP contribution < -0.4 is 0 Å². The molecule has 8 atom stereocenters. The maximum absolute atomic E-state index is 14.7. The standard InChI is InChI=1S/C57H61NO9/c1-57(2,3)67-56(60)58-47(55(59)66-51(46-32-20-9-21-33-46)50(58)45-30-18-8-19-31-45)34-35-48-52(62-37-42-24-12-5-13-25-42)54(64-39-44-28-16-7-17-29-44)53(63-38-43-26-14-6-15-27-43)49(65-48)40-61-36-41-22-10-4-11-23-41/h4-33,47-54H,34-40H2,1-3H3/t47-,48-,49+,50-,51+,52-,53-,54+/m0/s1. The second kappa shape index (κ2) is 23.0. The van der Waals surface area contributed by atoms with E-state index in [2.05, 4.69) is 0 Å².